The first-order valence-electron chi connectivity index (χ1n) is 6.42. The van der Waals surface area contributed by atoms with Crippen molar-refractivity contribution in [1.29, 1.82) is 0 Å². The molecule has 0 aliphatic carbocycles. The maximum Gasteiger partial charge on any atom is 0.228 e. The Kier molecular flexibility index (Phi) is 3.71. The van der Waals surface area contributed by atoms with Gasteiger partial charge in [-0.1, -0.05) is 20.8 Å². The third kappa shape index (κ3) is 3.32. The zero-order chi connectivity index (χ0) is 13.2. The first kappa shape index (κ1) is 13.1. The van der Waals surface area contributed by atoms with Gasteiger partial charge in [0.05, 0.1) is 12.5 Å². The van der Waals surface area contributed by atoms with E-state index in [1.54, 1.807) is 0 Å². The standard InChI is InChI=1S/C13H21N3O2/c1-13(2,3)10-8-11(16-15-10)14-12(17)7-9-5-4-6-18-9/h8-9H,4-7H2,1-3H3,(H2,14,15,16,17). The molecule has 1 aliphatic heterocycles. The Bertz CT molecular complexity index is 414. The smallest absolute Gasteiger partial charge is 0.228 e. The number of nitrogens with one attached hydrogen (secondary N) is 2. The second-order valence-corrected chi connectivity index (χ2v) is 5.80. The van der Waals surface area contributed by atoms with E-state index < -0.39 is 0 Å². The monoisotopic (exact) mass is 251 g/mol. The van der Waals surface area contributed by atoms with Gasteiger partial charge in [0.15, 0.2) is 5.82 Å². The van der Waals surface area contributed by atoms with Crippen molar-refractivity contribution in [3.63, 3.8) is 0 Å². The Morgan fingerprint density at radius 2 is 2.39 bits per heavy atom. The molecule has 1 aromatic heterocycles. The van der Waals surface area contributed by atoms with Gasteiger partial charge in [0, 0.05) is 23.8 Å². The van der Waals surface area contributed by atoms with Crippen LogP contribution >= 0.6 is 0 Å². The predicted octanol–water partition coefficient (Wildman–Crippen LogP) is 2.21. The molecule has 1 unspecified atom stereocenters. The Balaban J connectivity index is 1.88. The van der Waals surface area contributed by atoms with Crippen LogP contribution in [-0.2, 0) is 14.9 Å². The molecule has 0 aromatic carbocycles. The molecule has 1 atom stereocenters. The maximum atomic E-state index is 11.8. The van der Waals surface area contributed by atoms with Gasteiger partial charge < -0.3 is 10.1 Å². The summed E-state index contributed by atoms with van der Waals surface area (Å²) in [6.07, 6.45) is 2.51. The van der Waals surface area contributed by atoms with E-state index in [2.05, 4.69) is 36.3 Å². The fourth-order valence-corrected chi connectivity index (χ4v) is 1.98. The number of H-pyrrole nitrogens is 1. The highest BCUT2D eigenvalue weighted by atomic mass is 16.5. The third-order valence-electron chi connectivity index (χ3n) is 3.09. The molecule has 1 aliphatic rings. The van der Waals surface area contributed by atoms with Gasteiger partial charge in [0.2, 0.25) is 5.91 Å². The molecule has 1 aromatic rings. The van der Waals surface area contributed by atoms with Crippen LogP contribution in [0.1, 0.15) is 45.7 Å². The first-order valence-corrected chi connectivity index (χ1v) is 6.42. The number of hydrogen-bond donors (Lipinski definition) is 2. The van der Waals surface area contributed by atoms with Crippen molar-refractivity contribution in [1.82, 2.24) is 10.2 Å². The molecule has 5 nitrogen and oxygen atoms in total. The molecular weight excluding hydrogens is 230 g/mol. The van der Waals surface area contributed by atoms with Gasteiger partial charge >= 0.3 is 0 Å². The minimum atomic E-state index is -0.0335. The summed E-state index contributed by atoms with van der Waals surface area (Å²) < 4.78 is 5.43. The fourth-order valence-electron chi connectivity index (χ4n) is 1.98. The topological polar surface area (TPSA) is 67.0 Å². The molecule has 1 fully saturated rings. The first-order chi connectivity index (χ1) is 8.45. The minimum absolute atomic E-state index is 0.00451. The summed E-state index contributed by atoms with van der Waals surface area (Å²) in [5, 5.41) is 9.85. The largest absolute Gasteiger partial charge is 0.378 e. The molecule has 100 valence electrons. The van der Waals surface area contributed by atoms with E-state index in [4.69, 9.17) is 4.74 Å². The van der Waals surface area contributed by atoms with E-state index in [1.807, 2.05) is 6.07 Å². The predicted molar refractivity (Wildman–Crippen MR) is 69.5 cm³/mol. The number of aromatic amines is 1. The summed E-state index contributed by atoms with van der Waals surface area (Å²) in [7, 11) is 0. The van der Waals surface area contributed by atoms with Crippen LogP contribution in [0.25, 0.3) is 0 Å². The number of amides is 1. The van der Waals surface area contributed by atoms with E-state index in [0.29, 0.717) is 12.2 Å². The van der Waals surface area contributed by atoms with Gasteiger partial charge in [0.25, 0.3) is 0 Å². The highest BCUT2D eigenvalue weighted by molar-refractivity contribution is 5.90. The van der Waals surface area contributed by atoms with Crippen LogP contribution in [0, 0.1) is 0 Å². The lowest BCUT2D eigenvalue weighted by molar-refractivity contribution is -0.118. The van der Waals surface area contributed by atoms with Crippen molar-refractivity contribution >= 4 is 11.7 Å². The normalized spacial score (nSPS) is 20.1. The molecule has 0 radical (unpaired) electrons. The summed E-state index contributed by atoms with van der Waals surface area (Å²) in [5.74, 6) is 0.553. The lowest BCUT2D eigenvalue weighted by Gasteiger charge is -2.14. The molecule has 5 heteroatoms. The molecule has 2 heterocycles. The van der Waals surface area contributed by atoms with E-state index in [9.17, 15) is 4.79 Å². The zero-order valence-electron chi connectivity index (χ0n) is 11.2. The maximum absolute atomic E-state index is 11.8. The van der Waals surface area contributed by atoms with Crippen molar-refractivity contribution in [2.24, 2.45) is 0 Å². The summed E-state index contributed by atoms with van der Waals surface area (Å²) >= 11 is 0. The summed E-state index contributed by atoms with van der Waals surface area (Å²) in [4.78, 5) is 11.8. The SMILES string of the molecule is CC(C)(C)c1cc(NC(=O)CC2CCCO2)n[nH]1. The lowest BCUT2D eigenvalue weighted by atomic mass is 9.92. The zero-order valence-corrected chi connectivity index (χ0v) is 11.2. The number of carbonyl (C=O) groups excluding carboxylic acids is 1. The summed E-state index contributed by atoms with van der Waals surface area (Å²) in [6.45, 7) is 7.06. The number of carbonyl (C=O) groups is 1. The van der Waals surface area contributed by atoms with Crippen LogP contribution in [0.5, 0.6) is 0 Å². The van der Waals surface area contributed by atoms with E-state index in [-0.39, 0.29) is 17.4 Å². The summed E-state index contributed by atoms with van der Waals surface area (Å²) in [6, 6.07) is 1.88. The molecule has 0 spiro atoms. The van der Waals surface area contributed by atoms with Crippen LogP contribution in [0.4, 0.5) is 5.82 Å². The van der Waals surface area contributed by atoms with Crippen molar-refractivity contribution in [3.05, 3.63) is 11.8 Å². The van der Waals surface area contributed by atoms with Crippen molar-refractivity contribution in [2.75, 3.05) is 11.9 Å². The number of nitrogens with zero attached hydrogens (tertiary/aromatic N) is 1. The van der Waals surface area contributed by atoms with E-state index in [1.165, 1.54) is 0 Å². The summed E-state index contributed by atoms with van der Waals surface area (Å²) in [5.41, 5.74) is 1.01. The van der Waals surface area contributed by atoms with Crippen LogP contribution in [0.2, 0.25) is 0 Å². The van der Waals surface area contributed by atoms with Gasteiger partial charge in [-0.3, -0.25) is 9.89 Å². The molecular formula is C13H21N3O2. The highest BCUT2D eigenvalue weighted by Gasteiger charge is 2.21. The van der Waals surface area contributed by atoms with Crippen LogP contribution in [0.3, 0.4) is 0 Å². The van der Waals surface area contributed by atoms with Gasteiger partial charge in [-0.25, -0.2) is 0 Å². The molecule has 18 heavy (non-hydrogen) atoms. The van der Waals surface area contributed by atoms with E-state index in [0.717, 1.165) is 25.1 Å². The van der Waals surface area contributed by atoms with Crippen molar-refractivity contribution in [3.8, 4) is 0 Å². The van der Waals surface area contributed by atoms with Crippen LogP contribution in [-0.4, -0.2) is 28.8 Å². The second-order valence-electron chi connectivity index (χ2n) is 5.80. The minimum Gasteiger partial charge on any atom is -0.378 e. The van der Waals surface area contributed by atoms with Gasteiger partial charge in [-0.15, -0.1) is 0 Å². The average molecular weight is 251 g/mol. The molecule has 1 amide bonds. The Morgan fingerprint density at radius 1 is 1.61 bits per heavy atom. The number of rotatable bonds is 3. The Labute approximate surface area is 107 Å². The molecule has 0 saturated carbocycles. The molecule has 1 saturated heterocycles. The fraction of sp³-hybridized carbons (Fsp3) is 0.692. The Morgan fingerprint density at radius 3 is 2.94 bits per heavy atom. The Hall–Kier alpha value is -1.36. The van der Waals surface area contributed by atoms with Crippen molar-refractivity contribution in [2.45, 2.75) is 51.6 Å². The average Bonchev–Trinajstić information content (AvgIpc) is 2.87. The second kappa shape index (κ2) is 5.10. The molecule has 0 bridgehead atoms. The van der Waals surface area contributed by atoms with Gasteiger partial charge in [0.1, 0.15) is 0 Å². The number of aromatic nitrogens is 2. The van der Waals surface area contributed by atoms with Crippen molar-refractivity contribution < 1.29 is 9.53 Å². The highest BCUT2D eigenvalue weighted by Crippen LogP contribution is 2.22. The number of anilines is 1. The van der Waals surface area contributed by atoms with Crippen LogP contribution < -0.4 is 5.32 Å². The third-order valence-corrected chi connectivity index (χ3v) is 3.09. The van der Waals surface area contributed by atoms with Gasteiger partial charge in [-0.05, 0) is 12.8 Å². The number of hydrogen-bond acceptors (Lipinski definition) is 3. The molecule has 2 rings (SSSR count). The van der Waals surface area contributed by atoms with Gasteiger partial charge in [-0.2, -0.15) is 5.10 Å². The number of ether oxygens (including phenoxy) is 1. The lowest BCUT2D eigenvalue weighted by Crippen LogP contribution is -2.19. The molecule has 2 N–H and O–H groups in total. The van der Waals surface area contributed by atoms with E-state index >= 15 is 0 Å². The van der Waals surface area contributed by atoms with Crippen LogP contribution in [0.15, 0.2) is 6.07 Å². The quantitative estimate of drug-likeness (QED) is 0.865.